The Balaban J connectivity index is 1.26. The zero-order chi connectivity index (χ0) is 21.5. The second kappa shape index (κ2) is 10.7. The fraction of sp³-hybridized carbons (Fsp3) is 0.500. The summed E-state index contributed by atoms with van der Waals surface area (Å²) in [5, 5.41) is 2.86. The molecule has 2 fully saturated rings. The van der Waals surface area contributed by atoms with Crippen molar-refractivity contribution in [3.05, 3.63) is 54.1 Å². The summed E-state index contributed by atoms with van der Waals surface area (Å²) in [6, 6.07) is 14.7. The smallest absolute Gasteiger partial charge is 0.255 e. The molecule has 166 valence electrons. The fourth-order valence-corrected chi connectivity index (χ4v) is 4.84. The van der Waals surface area contributed by atoms with Crippen LogP contribution < -0.4 is 15.8 Å². The van der Waals surface area contributed by atoms with Gasteiger partial charge in [0.25, 0.3) is 5.91 Å². The van der Waals surface area contributed by atoms with Crippen LogP contribution in [0.15, 0.2) is 48.5 Å². The lowest BCUT2D eigenvalue weighted by molar-refractivity contribution is 0.102. The number of nitrogens with two attached hydrogens (primary N) is 1. The molecule has 0 unspecified atom stereocenters. The van der Waals surface area contributed by atoms with Gasteiger partial charge in [-0.05, 0) is 81.0 Å². The van der Waals surface area contributed by atoms with Crippen molar-refractivity contribution in [2.45, 2.75) is 57.5 Å². The number of amides is 1. The van der Waals surface area contributed by atoms with Crippen molar-refractivity contribution >= 4 is 17.3 Å². The van der Waals surface area contributed by atoms with Crippen LogP contribution in [0.1, 0.15) is 61.7 Å². The summed E-state index contributed by atoms with van der Waals surface area (Å²) in [6.07, 6.45) is 10.7. The molecule has 4 rings (SSSR count). The van der Waals surface area contributed by atoms with E-state index in [4.69, 9.17) is 10.5 Å². The van der Waals surface area contributed by atoms with Gasteiger partial charge in [0.05, 0.1) is 17.5 Å². The molecule has 5 heteroatoms. The van der Waals surface area contributed by atoms with Crippen molar-refractivity contribution in [3.63, 3.8) is 0 Å². The Morgan fingerprint density at radius 2 is 1.71 bits per heavy atom. The SMILES string of the molecule is Nc1ccccc1NC(=O)c1ccc(O[C@@H]2CCCN(CC3CCCCC3)CC2)cc1. The van der Waals surface area contributed by atoms with Gasteiger partial charge in [0, 0.05) is 18.7 Å². The van der Waals surface area contributed by atoms with Crippen LogP contribution in [0.4, 0.5) is 11.4 Å². The molecule has 0 spiro atoms. The van der Waals surface area contributed by atoms with Crippen LogP contribution in [0.3, 0.4) is 0 Å². The zero-order valence-corrected chi connectivity index (χ0v) is 18.4. The van der Waals surface area contributed by atoms with Gasteiger partial charge in [-0.25, -0.2) is 0 Å². The highest BCUT2D eigenvalue weighted by Gasteiger charge is 2.22. The molecule has 1 saturated heterocycles. The first-order valence-electron chi connectivity index (χ1n) is 11.8. The molecular formula is C26H35N3O2. The molecule has 1 aliphatic heterocycles. The summed E-state index contributed by atoms with van der Waals surface area (Å²) >= 11 is 0. The van der Waals surface area contributed by atoms with Gasteiger partial charge < -0.3 is 20.7 Å². The van der Waals surface area contributed by atoms with Gasteiger partial charge >= 0.3 is 0 Å². The van der Waals surface area contributed by atoms with E-state index in [1.54, 1.807) is 12.1 Å². The zero-order valence-electron chi connectivity index (χ0n) is 18.4. The minimum absolute atomic E-state index is 0.169. The molecule has 0 bridgehead atoms. The van der Waals surface area contributed by atoms with Gasteiger partial charge in [-0.2, -0.15) is 0 Å². The fourth-order valence-electron chi connectivity index (χ4n) is 4.84. The minimum Gasteiger partial charge on any atom is -0.490 e. The lowest BCUT2D eigenvalue weighted by Crippen LogP contribution is -2.32. The largest absolute Gasteiger partial charge is 0.490 e. The van der Waals surface area contributed by atoms with Crippen molar-refractivity contribution in [1.82, 2.24) is 4.90 Å². The molecule has 2 aliphatic rings. The van der Waals surface area contributed by atoms with Gasteiger partial charge in [-0.15, -0.1) is 0 Å². The van der Waals surface area contributed by atoms with E-state index in [-0.39, 0.29) is 12.0 Å². The Bertz CT molecular complexity index is 846. The Kier molecular flexibility index (Phi) is 7.47. The third-order valence-electron chi connectivity index (χ3n) is 6.64. The highest BCUT2D eigenvalue weighted by Crippen LogP contribution is 2.26. The number of anilines is 2. The molecule has 1 aliphatic carbocycles. The molecule has 5 nitrogen and oxygen atoms in total. The molecule has 0 aromatic heterocycles. The van der Waals surface area contributed by atoms with Gasteiger partial charge in [-0.1, -0.05) is 31.4 Å². The minimum atomic E-state index is -0.169. The number of carbonyl (C=O) groups excluding carboxylic acids is 1. The molecule has 1 heterocycles. The highest BCUT2D eigenvalue weighted by molar-refractivity contribution is 6.05. The van der Waals surface area contributed by atoms with Crippen LogP contribution in [-0.4, -0.2) is 36.5 Å². The Morgan fingerprint density at radius 1 is 0.935 bits per heavy atom. The van der Waals surface area contributed by atoms with Crippen molar-refractivity contribution < 1.29 is 9.53 Å². The van der Waals surface area contributed by atoms with Crippen molar-refractivity contribution in [3.8, 4) is 5.75 Å². The average Bonchev–Trinajstić information content (AvgIpc) is 3.01. The second-order valence-corrected chi connectivity index (χ2v) is 9.04. The Hall–Kier alpha value is -2.53. The monoisotopic (exact) mass is 421 g/mol. The highest BCUT2D eigenvalue weighted by atomic mass is 16.5. The van der Waals surface area contributed by atoms with Crippen molar-refractivity contribution in [2.75, 3.05) is 30.7 Å². The third-order valence-corrected chi connectivity index (χ3v) is 6.64. The van der Waals surface area contributed by atoms with Crippen LogP contribution in [0.25, 0.3) is 0 Å². The summed E-state index contributed by atoms with van der Waals surface area (Å²) < 4.78 is 6.27. The Morgan fingerprint density at radius 3 is 2.48 bits per heavy atom. The number of nitrogens with zero attached hydrogens (tertiary/aromatic N) is 1. The third kappa shape index (κ3) is 6.23. The number of nitrogen functional groups attached to an aromatic ring is 1. The maximum absolute atomic E-state index is 12.5. The van der Waals surface area contributed by atoms with E-state index < -0.39 is 0 Å². The number of rotatable bonds is 6. The number of carbonyl (C=O) groups is 1. The normalized spacial score (nSPS) is 20.7. The van der Waals surface area contributed by atoms with Gasteiger partial charge in [0.2, 0.25) is 0 Å². The summed E-state index contributed by atoms with van der Waals surface area (Å²) in [6.45, 7) is 3.58. The van der Waals surface area contributed by atoms with Gasteiger partial charge in [0.15, 0.2) is 0 Å². The molecule has 2 aromatic carbocycles. The summed E-state index contributed by atoms with van der Waals surface area (Å²) in [7, 11) is 0. The second-order valence-electron chi connectivity index (χ2n) is 9.04. The predicted octanol–water partition coefficient (Wildman–Crippen LogP) is 5.33. The van der Waals surface area contributed by atoms with Crippen molar-refractivity contribution in [1.29, 1.82) is 0 Å². The predicted molar refractivity (Wildman–Crippen MR) is 127 cm³/mol. The van der Waals surface area contributed by atoms with E-state index in [1.165, 1.54) is 51.6 Å². The molecule has 1 saturated carbocycles. The molecular weight excluding hydrogens is 386 g/mol. The van der Waals surface area contributed by atoms with E-state index >= 15 is 0 Å². The van der Waals surface area contributed by atoms with E-state index in [0.717, 1.165) is 31.1 Å². The number of hydrogen-bond acceptors (Lipinski definition) is 4. The average molecular weight is 422 g/mol. The van der Waals surface area contributed by atoms with Crippen LogP contribution in [0.5, 0.6) is 5.75 Å². The maximum atomic E-state index is 12.5. The topological polar surface area (TPSA) is 67.6 Å². The molecule has 31 heavy (non-hydrogen) atoms. The first-order chi connectivity index (χ1) is 15.2. The molecule has 1 amide bonds. The quantitative estimate of drug-likeness (QED) is 0.618. The number of para-hydroxylation sites is 2. The first-order valence-corrected chi connectivity index (χ1v) is 11.8. The number of ether oxygens (including phenoxy) is 1. The lowest BCUT2D eigenvalue weighted by Gasteiger charge is -2.28. The van der Waals surface area contributed by atoms with E-state index in [0.29, 0.717) is 16.9 Å². The number of nitrogens with one attached hydrogen (secondary N) is 1. The standard InChI is InChI=1S/C26H35N3O2/c27-24-10-4-5-11-25(24)28-26(30)21-12-14-23(15-13-21)31-22-9-6-17-29(18-16-22)19-20-7-2-1-3-8-20/h4-5,10-15,20,22H,1-3,6-9,16-19,27H2,(H,28,30)/t22-/m1/s1. The number of benzene rings is 2. The van der Waals surface area contributed by atoms with E-state index in [2.05, 4.69) is 10.2 Å². The molecule has 3 N–H and O–H groups in total. The number of likely N-dealkylation sites (tertiary alicyclic amines) is 1. The summed E-state index contributed by atoms with van der Waals surface area (Å²) in [4.78, 5) is 15.2. The Labute approximate surface area is 186 Å². The first kappa shape index (κ1) is 21.7. The lowest BCUT2D eigenvalue weighted by atomic mass is 9.89. The van der Waals surface area contributed by atoms with Crippen LogP contribution in [0.2, 0.25) is 0 Å². The molecule has 0 radical (unpaired) electrons. The molecule has 1 atom stereocenters. The summed E-state index contributed by atoms with van der Waals surface area (Å²) in [5.74, 6) is 1.56. The number of hydrogen-bond donors (Lipinski definition) is 2. The van der Waals surface area contributed by atoms with Crippen LogP contribution >= 0.6 is 0 Å². The van der Waals surface area contributed by atoms with Crippen LogP contribution in [0, 0.1) is 5.92 Å². The van der Waals surface area contributed by atoms with E-state index in [1.807, 2.05) is 36.4 Å². The van der Waals surface area contributed by atoms with Crippen LogP contribution in [-0.2, 0) is 0 Å². The van der Waals surface area contributed by atoms with Crippen molar-refractivity contribution in [2.24, 2.45) is 5.92 Å². The summed E-state index contributed by atoms with van der Waals surface area (Å²) in [5.41, 5.74) is 7.69. The maximum Gasteiger partial charge on any atom is 0.255 e. The molecule has 2 aromatic rings. The van der Waals surface area contributed by atoms with Gasteiger partial charge in [-0.3, -0.25) is 4.79 Å². The van der Waals surface area contributed by atoms with Gasteiger partial charge in [0.1, 0.15) is 5.75 Å². The van der Waals surface area contributed by atoms with E-state index in [9.17, 15) is 4.79 Å².